The molecule has 0 aliphatic heterocycles. The quantitative estimate of drug-likeness (QED) is 0.840. The van der Waals surface area contributed by atoms with Gasteiger partial charge in [0.15, 0.2) is 9.84 Å². The van der Waals surface area contributed by atoms with Crippen molar-refractivity contribution in [3.8, 4) is 0 Å². The summed E-state index contributed by atoms with van der Waals surface area (Å²) in [5, 5.41) is 0. The highest BCUT2D eigenvalue weighted by molar-refractivity contribution is 7.93. The first-order valence-electron chi connectivity index (χ1n) is 4.37. The van der Waals surface area contributed by atoms with Crippen molar-refractivity contribution in [2.45, 2.75) is 9.79 Å². The molecular weight excluding hydrogens is 250 g/mol. The van der Waals surface area contributed by atoms with E-state index in [-0.39, 0.29) is 16.3 Å². The molecule has 7 heteroatoms. The van der Waals surface area contributed by atoms with Crippen LogP contribution in [-0.2, 0) is 19.9 Å². The monoisotopic (exact) mass is 262 g/mol. The highest BCUT2D eigenvalue weighted by Gasteiger charge is 2.22. The lowest BCUT2D eigenvalue weighted by molar-refractivity contribution is 0.577. The Kier molecular flexibility index (Phi) is 3.72. The zero-order valence-corrected chi connectivity index (χ0v) is 10.3. The van der Waals surface area contributed by atoms with E-state index in [9.17, 15) is 16.8 Å². The highest BCUT2D eigenvalue weighted by Crippen LogP contribution is 2.19. The van der Waals surface area contributed by atoms with Crippen molar-refractivity contribution >= 4 is 19.9 Å². The van der Waals surface area contributed by atoms with E-state index in [0.717, 1.165) is 6.26 Å². The molecule has 0 heterocycles. The molecule has 0 atom stereocenters. The van der Waals surface area contributed by atoms with E-state index in [1.54, 1.807) is 0 Å². The van der Waals surface area contributed by atoms with E-state index in [2.05, 4.69) is 11.6 Å². The summed E-state index contributed by atoms with van der Waals surface area (Å²) in [5.41, 5.74) is 0. The minimum Gasteiger partial charge on any atom is -0.224 e. The molecule has 5 nitrogen and oxygen atoms in total. The van der Waals surface area contributed by atoms with Gasteiger partial charge in [-0.3, -0.25) is 0 Å². The van der Waals surface area contributed by atoms with Crippen LogP contribution in [-0.4, -0.2) is 29.6 Å². The van der Waals surface area contributed by atoms with Crippen LogP contribution >= 0.6 is 0 Å². The van der Waals surface area contributed by atoms with Crippen molar-refractivity contribution < 1.29 is 16.8 Å². The van der Waals surface area contributed by atoms with Crippen molar-refractivity contribution in [1.82, 2.24) is 4.72 Å². The number of nitrogens with one attached hydrogen (secondary N) is 1. The number of hydrogen-bond acceptors (Lipinski definition) is 4. The molecular formula is C9H12NO4S2. The Morgan fingerprint density at radius 3 is 2.06 bits per heavy atom. The van der Waals surface area contributed by atoms with Gasteiger partial charge in [0.1, 0.15) is 4.90 Å². The molecule has 0 spiro atoms. The second-order valence-electron chi connectivity index (χ2n) is 3.12. The minimum atomic E-state index is -3.82. The Hall–Kier alpha value is -0.920. The summed E-state index contributed by atoms with van der Waals surface area (Å²) in [6, 6.07) is 5.44. The molecule has 0 bridgehead atoms. The van der Waals surface area contributed by atoms with E-state index in [4.69, 9.17) is 0 Å². The third-order valence-electron chi connectivity index (χ3n) is 1.83. The second kappa shape index (κ2) is 4.52. The van der Waals surface area contributed by atoms with Crippen LogP contribution in [0.5, 0.6) is 0 Å². The summed E-state index contributed by atoms with van der Waals surface area (Å²) >= 11 is 0. The summed E-state index contributed by atoms with van der Waals surface area (Å²) < 4.78 is 48.3. The van der Waals surface area contributed by atoms with Gasteiger partial charge in [-0.1, -0.05) is 12.1 Å². The van der Waals surface area contributed by atoms with Gasteiger partial charge in [-0.15, -0.1) is 0 Å². The zero-order valence-electron chi connectivity index (χ0n) is 8.67. The summed E-state index contributed by atoms with van der Waals surface area (Å²) in [4.78, 5) is -0.461. The predicted molar refractivity (Wildman–Crippen MR) is 60.1 cm³/mol. The van der Waals surface area contributed by atoms with Crippen LogP contribution in [0.3, 0.4) is 0 Å². The van der Waals surface area contributed by atoms with E-state index in [1.165, 1.54) is 24.3 Å². The lowest BCUT2D eigenvalue weighted by Gasteiger charge is -2.08. The van der Waals surface area contributed by atoms with Gasteiger partial charge in [0.25, 0.3) is 0 Å². The van der Waals surface area contributed by atoms with Crippen LogP contribution < -0.4 is 4.72 Å². The number of sulfone groups is 1. The molecule has 89 valence electrons. The summed E-state index contributed by atoms with van der Waals surface area (Å²) in [6.07, 6.45) is 0.964. The smallest absolute Gasteiger partial charge is 0.224 e. The van der Waals surface area contributed by atoms with E-state index in [0.29, 0.717) is 0 Å². The third-order valence-corrected chi connectivity index (χ3v) is 4.63. The standard InChI is InChI=1S/C9H12NO4S2/c1-3-10-16(13,14)9-7-5-4-6-8(9)15(2,11)12/h4-7,10H,1,3H2,2H3. The second-order valence-corrected chi connectivity index (χ2v) is 6.84. The van der Waals surface area contributed by atoms with Crippen molar-refractivity contribution in [2.24, 2.45) is 0 Å². The van der Waals surface area contributed by atoms with Gasteiger partial charge in [0, 0.05) is 12.8 Å². The molecule has 1 radical (unpaired) electrons. The van der Waals surface area contributed by atoms with Gasteiger partial charge >= 0.3 is 0 Å². The van der Waals surface area contributed by atoms with Crippen LogP contribution in [0.15, 0.2) is 34.1 Å². The number of benzene rings is 1. The van der Waals surface area contributed by atoms with E-state index in [1.807, 2.05) is 0 Å². The number of rotatable bonds is 4. The first-order chi connectivity index (χ1) is 7.29. The Balaban J connectivity index is 3.48. The summed E-state index contributed by atoms with van der Waals surface area (Å²) in [6.45, 7) is 3.31. The van der Waals surface area contributed by atoms with Gasteiger partial charge in [0.2, 0.25) is 10.0 Å². The molecule has 16 heavy (non-hydrogen) atoms. The van der Waals surface area contributed by atoms with Crippen LogP contribution in [0.1, 0.15) is 0 Å². The predicted octanol–water partition coefficient (Wildman–Crippen LogP) is 0.202. The number of sulfonamides is 1. The van der Waals surface area contributed by atoms with Gasteiger partial charge in [-0.05, 0) is 19.1 Å². The van der Waals surface area contributed by atoms with Crippen LogP contribution in [0.2, 0.25) is 0 Å². The van der Waals surface area contributed by atoms with E-state index >= 15 is 0 Å². The van der Waals surface area contributed by atoms with Gasteiger partial charge in [-0.2, -0.15) is 0 Å². The van der Waals surface area contributed by atoms with Crippen molar-refractivity contribution in [2.75, 3.05) is 12.8 Å². The summed E-state index contributed by atoms with van der Waals surface area (Å²) in [7, 11) is -7.39. The first kappa shape index (κ1) is 13.1. The van der Waals surface area contributed by atoms with Gasteiger partial charge < -0.3 is 0 Å². The van der Waals surface area contributed by atoms with Gasteiger partial charge in [0.05, 0.1) is 4.90 Å². The van der Waals surface area contributed by atoms with Crippen LogP contribution in [0, 0.1) is 6.92 Å². The molecule has 1 aromatic carbocycles. The fourth-order valence-electron chi connectivity index (χ4n) is 1.19. The Morgan fingerprint density at radius 1 is 1.12 bits per heavy atom. The largest absolute Gasteiger partial charge is 0.241 e. The maximum Gasteiger partial charge on any atom is 0.241 e. The number of hydrogen-bond donors (Lipinski definition) is 1. The molecule has 1 rings (SSSR count). The van der Waals surface area contributed by atoms with Crippen LogP contribution in [0.25, 0.3) is 0 Å². The van der Waals surface area contributed by atoms with Gasteiger partial charge in [-0.25, -0.2) is 21.6 Å². The molecule has 0 aromatic heterocycles. The average Bonchev–Trinajstić information content (AvgIpc) is 2.16. The average molecular weight is 262 g/mol. The van der Waals surface area contributed by atoms with Crippen molar-refractivity contribution in [3.05, 3.63) is 31.2 Å². The first-order valence-corrected chi connectivity index (χ1v) is 7.74. The molecule has 0 saturated heterocycles. The molecule has 0 amide bonds. The fraction of sp³-hybridized carbons (Fsp3) is 0.222. The minimum absolute atomic E-state index is 0.0412. The Morgan fingerprint density at radius 2 is 1.62 bits per heavy atom. The lowest BCUT2D eigenvalue weighted by Crippen LogP contribution is -2.25. The normalized spacial score (nSPS) is 12.6. The lowest BCUT2D eigenvalue weighted by atomic mass is 10.4. The molecule has 0 unspecified atom stereocenters. The molecule has 0 fully saturated rings. The highest BCUT2D eigenvalue weighted by atomic mass is 32.2. The fourth-order valence-corrected chi connectivity index (χ4v) is 3.75. The molecule has 1 aromatic rings. The maximum absolute atomic E-state index is 11.7. The SMILES string of the molecule is [CH2]CNS(=O)(=O)c1ccccc1S(C)(=O)=O. The Labute approximate surface area is 95.5 Å². The van der Waals surface area contributed by atoms with Crippen molar-refractivity contribution in [1.29, 1.82) is 0 Å². The third kappa shape index (κ3) is 2.81. The zero-order chi connectivity index (χ0) is 12.4. The molecule has 0 aliphatic rings. The molecule has 0 saturated carbocycles. The molecule has 0 aliphatic carbocycles. The summed E-state index contributed by atoms with van der Waals surface area (Å²) in [5.74, 6) is 0. The van der Waals surface area contributed by atoms with E-state index < -0.39 is 19.9 Å². The maximum atomic E-state index is 11.7. The topological polar surface area (TPSA) is 80.3 Å². The van der Waals surface area contributed by atoms with Crippen molar-refractivity contribution in [3.63, 3.8) is 0 Å². The van der Waals surface area contributed by atoms with Crippen LogP contribution in [0.4, 0.5) is 0 Å². The Bertz CT molecular complexity index is 575. The molecule has 1 N–H and O–H groups in total.